The molecule has 2 unspecified atom stereocenters. The third-order valence-electron chi connectivity index (χ3n) is 4.68. The van der Waals surface area contributed by atoms with Gasteiger partial charge in [0.1, 0.15) is 11.4 Å². The largest absolute Gasteiger partial charge is 0.487 e. The quantitative estimate of drug-likeness (QED) is 0.923. The molecule has 2 aliphatic heterocycles. The number of fused-ring (bicyclic) bond motifs is 1. The van der Waals surface area contributed by atoms with Crippen molar-refractivity contribution in [3.05, 3.63) is 29.3 Å². The van der Waals surface area contributed by atoms with Gasteiger partial charge in [-0.3, -0.25) is 4.90 Å². The van der Waals surface area contributed by atoms with Crippen molar-refractivity contribution in [1.82, 2.24) is 4.90 Å². The van der Waals surface area contributed by atoms with Crippen LogP contribution in [0.4, 0.5) is 0 Å². The highest BCUT2D eigenvalue weighted by Gasteiger charge is 2.35. The smallest absolute Gasteiger partial charge is 0.128 e. The lowest BCUT2D eigenvalue weighted by atomic mass is 9.97. The summed E-state index contributed by atoms with van der Waals surface area (Å²) in [7, 11) is 2.15. The summed E-state index contributed by atoms with van der Waals surface area (Å²) in [6, 6.07) is 7.08. The SMILES string of the molecule is CN(C1CCOC1)C(CN)c1cccc2c1OC(C)(C)C2. The summed E-state index contributed by atoms with van der Waals surface area (Å²) in [4.78, 5) is 2.36. The number of nitrogens with zero attached hydrogens (tertiary/aromatic N) is 1. The number of para-hydroxylation sites is 1. The zero-order valence-corrected chi connectivity index (χ0v) is 13.3. The molecule has 3 rings (SSSR count). The number of ether oxygens (including phenoxy) is 2. The van der Waals surface area contributed by atoms with Crippen molar-refractivity contribution >= 4 is 0 Å². The standard InChI is InChI=1S/C17H26N2O2/c1-17(2)9-12-5-4-6-14(16(12)21-17)15(10-18)19(3)13-7-8-20-11-13/h4-6,13,15H,7-11,18H2,1-3H3. The maximum atomic E-state index is 6.21. The molecule has 0 radical (unpaired) electrons. The normalized spacial score (nSPS) is 24.9. The molecule has 116 valence electrons. The average Bonchev–Trinajstić information content (AvgIpc) is 3.05. The first-order valence-electron chi connectivity index (χ1n) is 7.82. The molecule has 0 aromatic heterocycles. The predicted octanol–water partition coefficient (Wildman–Crippen LogP) is 2.12. The van der Waals surface area contributed by atoms with Gasteiger partial charge in [-0.15, -0.1) is 0 Å². The molecule has 2 heterocycles. The zero-order chi connectivity index (χ0) is 15.0. The summed E-state index contributed by atoms with van der Waals surface area (Å²) in [5.74, 6) is 1.05. The second-order valence-corrected chi connectivity index (χ2v) is 6.81. The lowest BCUT2D eigenvalue weighted by Gasteiger charge is -2.33. The molecule has 0 aliphatic carbocycles. The van der Waals surface area contributed by atoms with Crippen LogP contribution in [-0.2, 0) is 11.2 Å². The summed E-state index contributed by atoms with van der Waals surface area (Å²) in [5.41, 5.74) is 8.49. The fourth-order valence-corrected chi connectivity index (χ4v) is 3.51. The first-order chi connectivity index (χ1) is 10.0. The Hall–Kier alpha value is -1.10. The van der Waals surface area contributed by atoms with Crippen LogP contribution in [0.15, 0.2) is 18.2 Å². The van der Waals surface area contributed by atoms with Crippen molar-refractivity contribution in [2.24, 2.45) is 5.73 Å². The number of rotatable bonds is 4. The van der Waals surface area contributed by atoms with Gasteiger partial charge in [-0.25, -0.2) is 0 Å². The molecule has 1 saturated heterocycles. The molecule has 0 bridgehead atoms. The second-order valence-electron chi connectivity index (χ2n) is 6.81. The minimum atomic E-state index is -0.118. The number of nitrogens with two attached hydrogens (primary N) is 1. The minimum absolute atomic E-state index is 0.118. The lowest BCUT2D eigenvalue weighted by Crippen LogP contribution is -2.39. The van der Waals surface area contributed by atoms with Gasteiger partial charge in [0, 0.05) is 31.2 Å². The van der Waals surface area contributed by atoms with E-state index in [1.54, 1.807) is 0 Å². The molecule has 2 aliphatic rings. The van der Waals surface area contributed by atoms with Crippen LogP contribution in [0.25, 0.3) is 0 Å². The molecule has 2 atom stereocenters. The maximum absolute atomic E-state index is 6.21. The Morgan fingerprint density at radius 1 is 1.43 bits per heavy atom. The Morgan fingerprint density at radius 2 is 2.24 bits per heavy atom. The van der Waals surface area contributed by atoms with Gasteiger partial charge >= 0.3 is 0 Å². The van der Waals surface area contributed by atoms with Crippen LogP contribution in [0.2, 0.25) is 0 Å². The number of likely N-dealkylation sites (N-methyl/N-ethyl adjacent to an activating group) is 1. The first-order valence-corrected chi connectivity index (χ1v) is 7.82. The Morgan fingerprint density at radius 3 is 2.90 bits per heavy atom. The molecule has 1 aromatic rings. The van der Waals surface area contributed by atoms with E-state index in [-0.39, 0.29) is 11.6 Å². The van der Waals surface area contributed by atoms with Crippen molar-refractivity contribution in [3.63, 3.8) is 0 Å². The first kappa shape index (κ1) is 14.8. The van der Waals surface area contributed by atoms with Crippen LogP contribution in [0.3, 0.4) is 0 Å². The van der Waals surface area contributed by atoms with Crippen LogP contribution >= 0.6 is 0 Å². The Kier molecular flexibility index (Phi) is 3.95. The highest BCUT2D eigenvalue weighted by Crippen LogP contribution is 2.41. The molecule has 0 saturated carbocycles. The summed E-state index contributed by atoms with van der Waals surface area (Å²) in [6.07, 6.45) is 2.04. The van der Waals surface area contributed by atoms with E-state index in [9.17, 15) is 0 Å². The third-order valence-corrected chi connectivity index (χ3v) is 4.68. The number of hydrogen-bond acceptors (Lipinski definition) is 4. The molecule has 1 fully saturated rings. The molecule has 0 spiro atoms. The average molecular weight is 290 g/mol. The van der Waals surface area contributed by atoms with Gasteiger partial charge in [0.25, 0.3) is 0 Å². The van der Waals surface area contributed by atoms with Gasteiger partial charge in [-0.05, 0) is 32.9 Å². The van der Waals surface area contributed by atoms with Gasteiger partial charge < -0.3 is 15.2 Å². The van der Waals surface area contributed by atoms with Gasteiger partial charge in [-0.2, -0.15) is 0 Å². The fourth-order valence-electron chi connectivity index (χ4n) is 3.51. The molecule has 1 aromatic carbocycles. The molecule has 2 N–H and O–H groups in total. The Balaban J connectivity index is 1.90. The van der Waals surface area contributed by atoms with E-state index in [2.05, 4.69) is 44.0 Å². The second kappa shape index (κ2) is 5.59. The molecular weight excluding hydrogens is 264 g/mol. The molecule has 4 heteroatoms. The molecular formula is C17H26N2O2. The van der Waals surface area contributed by atoms with Crippen molar-refractivity contribution in [2.75, 3.05) is 26.8 Å². The zero-order valence-electron chi connectivity index (χ0n) is 13.3. The van der Waals surface area contributed by atoms with E-state index in [4.69, 9.17) is 15.2 Å². The van der Waals surface area contributed by atoms with E-state index in [0.717, 1.165) is 31.8 Å². The summed E-state index contributed by atoms with van der Waals surface area (Å²) >= 11 is 0. The predicted molar refractivity (Wildman–Crippen MR) is 83.6 cm³/mol. The van der Waals surface area contributed by atoms with Gasteiger partial charge in [0.15, 0.2) is 0 Å². The Bertz CT molecular complexity index is 510. The van der Waals surface area contributed by atoms with Crippen molar-refractivity contribution in [3.8, 4) is 5.75 Å². The lowest BCUT2D eigenvalue weighted by molar-refractivity contribution is 0.120. The van der Waals surface area contributed by atoms with E-state index in [1.807, 2.05) is 0 Å². The molecule has 4 nitrogen and oxygen atoms in total. The van der Waals surface area contributed by atoms with E-state index < -0.39 is 0 Å². The summed E-state index contributed by atoms with van der Waals surface area (Å²) in [5, 5.41) is 0. The summed E-state index contributed by atoms with van der Waals surface area (Å²) in [6.45, 7) is 6.52. The topological polar surface area (TPSA) is 47.7 Å². The van der Waals surface area contributed by atoms with E-state index in [1.165, 1.54) is 11.1 Å². The van der Waals surface area contributed by atoms with Crippen molar-refractivity contribution < 1.29 is 9.47 Å². The number of benzene rings is 1. The molecule has 0 amide bonds. The highest BCUT2D eigenvalue weighted by molar-refractivity contribution is 5.47. The maximum Gasteiger partial charge on any atom is 0.128 e. The number of hydrogen-bond donors (Lipinski definition) is 1. The van der Waals surface area contributed by atoms with Crippen LogP contribution in [-0.4, -0.2) is 43.3 Å². The van der Waals surface area contributed by atoms with Gasteiger partial charge in [-0.1, -0.05) is 18.2 Å². The van der Waals surface area contributed by atoms with Crippen LogP contribution in [0, 0.1) is 0 Å². The van der Waals surface area contributed by atoms with Gasteiger partial charge in [0.05, 0.1) is 12.6 Å². The summed E-state index contributed by atoms with van der Waals surface area (Å²) < 4.78 is 11.7. The van der Waals surface area contributed by atoms with E-state index in [0.29, 0.717) is 12.6 Å². The van der Waals surface area contributed by atoms with Gasteiger partial charge in [0.2, 0.25) is 0 Å². The fraction of sp³-hybridized carbons (Fsp3) is 0.647. The van der Waals surface area contributed by atoms with Crippen molar-refractivity contribution in [1.29, 1.82) is 0 Å². The van der Waals surface area contributed by atoms with Crippen molar-refractivity contribution in [2.45, 2.75) is 44.4 Å². The van der Waals surface area contributed by atoms with E-state index >= 15 is 0 Å². The van der Waals surface area contributed by atoms with Crippen LogP contribution in [0.5, 0.6) is 5.75 Å². The monoisotopic (exact) mass is 290 g/mol. The van der Waals surface area contributed by atoms with Crippen LogP contribution in [0.1, 0.15) is 37.4 Å². The van der Waals surface area contributed by atoms with Crippen LogP contribution < -0.4 is 10.5 Å². The molecule has 21 heavy (non-hydrogen) atoms. The third kappa shape index (κ3) is 2.80. The minimum Gasteiger partial charge on any atom is -0.487 e. The highest BCUT2D eigenvalue weighted by atomic mass is 16.5. The Labute approximate surface area is 127 Å².